The maximum atomic E-state index is 4.36. The Bertz CT molecular complexity index is 67.9. The Labute approximate surface area is 37.1 Å². The Hall–Kier alpha value is -0.790. The lowest BCUT2D eigenvalue weighted by Gasteiger charge is -1.87. The molecule has 0 spiro atoms. The first-order valence-electron chi connectivity index (χ1n) is 1.56. The molecule has 0 aliphatic rings. The van der Waals surface area contributed by atoms with Crippen molar-refractivity contribution in [2.24, 2.45) is 5.16 Å². The van der Waals surface area contributed by atoms with E-state index in [0.29, 0.717) is 5.76 Å². The summed E-state index contributed by atoms with van der Waals surface area (Å²) < 4.78 is 0. The van der Waals surface area contributed by atoms with Crippen molar-refractivity contribution in [1.29, 1.82) is 0 Å². The summed E-state index contributed by atoms with van der Waals surface area (Å²) in [6, 6.07) is 0. The molecule has 0 radical (unpaired) electrons. The summed E-state index contributed by atoms with van der Waals surface area (Å²) in [5, 5.41) is 3.09. The van der Waals surface area contributed by atoms with Gasteiger partial charge in [0.15, 0.2) is 0 Å². The highest BCUT2D eigenvalue weighted by molar-refractivity contribution is 5.21. The molecule has 0 atom stereocenters. The first-order valence-corrected chi connectivity index (χ1v) is 1.56. The molecule has 0 aliphatic heterocycles. The second-order valence-corrected chi connectivity index (χ2v) is 0.922. The lowest BCUT2D eigenvalue weighted by atomic mass is 10.7. The van der Waals surface area contributed by atoms with Crippen LogP contribution in [0.4, 0.5) is 0 Å². The third-order valence-corrected chi connectivity index (χ3v) is 0.220. The van der Waals surface area contributed by atoms with Gasteiger partial charge in [0.05, 0.1) is 0 Å². The van der Waals surface area contributed by atoms with E-state index in [1.54, 1.807) is 6.92 Å². The number of allylic oxidation sites excluding steroid dienone is 1. The summed E-state index contributed by atoms with van der Waals surface area (Å²) in [4.78, 5) is 4.36. The molecule has 0 aromatic rings. The molecule has 0 fully saturated rings. The largest absolute Gasteiger partial charge is 0.363 e. The van der Waals surface area contributed by atoms with Gasteiger partial charge in [0.1, 0.15) is 5.76 Å². The molecule has 0 saturated carbocycles. The van der Waals surface area contributed by atoms with Gasteiger partial charge in [0, 0.05) is 6.72 Å². The van der Waals surface area contributed by atoms with Gasteiger partial charge in [-0.05, 0) is 6.92 Å². The summed E-state index contributed by atoms with van der Waals surface area (Å²) in [6.45, 7) is 8.16. The number of hydrogen-bond acceptors (Lipinski definition) is 2. The molecular weight excluding hydrogens is 78.0 g/mol. The third kappa shape index (κ3) is 3.21. The number of rotatable bonds is 2. The molecule has 0 rings (SSSR count). The van der Waals surface area contributed by atoms with Crippen LogP contribution < -0.4 is 0 Å². The highest BCUT2D eigenvalue weighted by atomic mass is 16.6. The van der Waals surface area contributed by atoms with Crippen LogP contribution in [0.3, 0.4) is 0 Å². The van der Waals surface area contributed by atoms with Crippen molar-refractivity contribution >= 4 is 6.72 Å². The van der Waals surface area contributed by atoms with Crippen LogP contribution in [0.1, 0.15) is 6.92 Å². The van der Waals surface area contributed by atoms with Crippen molar-refractivity contribution in [1.82, 2.24) is 0 Å². The molecule has 0 aromatic carbocycles. The Kier molecular flexibility index (Phi) is 2.13. The van der Waals surface area contributed by atoms with Crippen LogP contribution in [0.2, 0.25) is 0 Å². The highest BCUT2D eigenvalue weighted by Crippen LogP contribution is 1.85. The van der Waals surface area contributed by atoms with E-state index in [4.69, 9.17) is 0 Å². The minimum absolute atomic E-state index is 0.560. The van der Waals surface area contributed by atoms with Gasteiger partial charge in [-0.25, -0.2) is 0 Å². The molecule has 2 heteroatoms. The molecule has 0 bridgehead atoms. The molecule has 0 aliphatic carbocycles. The first kappa shape index (κ1) is 5.21. The molecule has 0 heterocycles. The lowest BCUT2D eigenvalue weighted by Crippen LogP contribution is -1.69. The van der Waals surface area contributed by atoms with E-state index in [9.17, 15) is 0 Å². The molecule has 0 aromatic heterocycles. The van der Waals surface area contributed by atoms with E-state index in [-0.39, 0.29) is 0 Å². The van der Waals surface area contributed by atoms with Gasteiger partial charge < -0.3 is 4.84 Å². The van der Waals surface area contributed by atoms with E-state index in [1.807, 2.05) is 0 Å². The topological polar surface area (TPSA) is 21.6 Å². The van der Waals surface area contributed by atoms with Gasteiger partial charge in [-0.15, -0.1) is 0 Å². The average Bonchev–Trinajstić information content (AvgIpc) is 1.35. The van der Waals surface area contributed by atoms with Gasteiger partial charge >= 0.3 is 0 Å². The summed E-state index contributed by atoms with van der Waals surface area (Å²) in [6.07, 6.45) is 0. The van der Waals surface area contributed by atoms with Crippen LogP contribution in [0.15, 0.2) is 17.5 Å². The SMILES string of the molecule is C=NOC(=C)C. The van der Waals surface area contributed by atoms with Crippen LogP contribution in [0, 0.1) is 0 Å². The zero-order valence-corrected chi connectivity index (χ0v) is 3.77. The maximum Gasteiger partial charge on any atom is 0.124 e. The third-order valence-electron chi connectivity index (χ3n) is 0.220. The van der Waals surface area contributed by atoms with Crippen molar-refractivity contribution in [3.63, 3.8) is 0 Å². The van der Waals surface area contributed by atoms with Crippen LogP contribution >= 0.6 is 0 Å². The van der Waals surface area contributed by atoms with Crippen molar-refractivity contribution in [2.45, 2.75) is 6.92 Å². The smallest absolute Gasteiger partial charge is 0.124 e. The first-order chi connectivity index (χ1) is 2.77. The van der Waals surface area contributed by atoms with E-state index < -0.39 is 0 Å². The monoisotopic (exact) mass is 85.1 g/mol. The van der Waals surface area contributed by atoms with Crippen molar-refractivity contribution in [3.8, 4) is 0 Å². The minimum Gasteiger partial charge on any atom is -0.363 e. The second-order valence-electron chi connectivity index (χ2n) is 0.922. The molecule has 2 nitrogen and oxygen atoms in total. The molecule has 34 valence electrons. The minimum atomic E-state index is 0.560. The Balaban J connectivity index is 3.05. The predicted octanol–water partition coefficient (Wildman–Crippen LogP) is 1.15. The van der Waals surface area contributed by atoms with Crippen molar-refractivity contribution < 1.29 is 4.84 Å². The zero-order chi connectivity index (χ0) is 4.99. The standard InChI is InChI=1S/C4H7NO/c1-4(2)6-5-3/h1,3H2,2H3. The molecule has 0 unspecified atom stereocenters. The quantitative estimate of drug-likeness (QED) is 0.280. The van der Waals surface area contributed by atoms with Crippen molar-refractivity contribution in [3.05, 3.63) is 12.3 Å². The Morgan fingerprint density at radius 1 is 1.83 bits per heavy atom. The number of oxime groups is 1. The fraction of sp³-hybridized carbons (Fsp3) is 0.250. The lowest BCUT2D eigenvalue weighted by molar-refractivity contribution is 0.235. The number of hydrogen-bond donors (Lipinski definition) is 0. The second kappa shape index (κ2) is 2.45. The summed E-state index contributed by atoms with van der Waals surface area (Å²) in [7, 11) is 0. The summed E-state index contributed by atoms with van der Waals surface area (Å²) in [5.41, 5.74) is 0. The van der Waals surface area contributed by atoms with Crippen LogP contribution in [-0.2, 0) is 4.84 Å². The van der Waals surface area contributed by atoms with Crippen LogP contribution in [0.25, 0.3) is 0 Å². The van der Waals surface area contributed by atoms with Gasteiger partial charge in [0.2, 0.25) is 0 Å². The number of nitrogens with zero attached hydrogens (tertiary/aromatic N) is 1. The molecular formula is C4H7NO. The van der Waals surface area contributed by atoms with Gasteiger partial charge in [-0.1, -0.05) is 11.7 Å². The van der Waals surface area contributed by atoms with Gasteiger partial charge in [-0.2, -0.15) is 0 Å². The fourth-order valence-electron chi connectivity index (χ4n) is 0.110. The van der Waals surface area contributed by atoms with Gasteiger partial charge in [-0.3, -0.25) is 0 Å². The van der Waals surface area contributed by atoms with Crippen molar-refractivity contribution in [2.75, 3.05) is 0 Å². The molecule has 6 heavy (non-hydrogen) atoms. The Morgan fingerprint density at radius 3 is 2.33 bits per heavy atom. The molecule has 0 N–H and O–H groups in total. The molecule has 0 saturated heterocycles. The zero-order valence-electron chi connectivity index (χ0n) is 3.77. The van der Waals surface area contributed by atoms with Crippen LogP contribution in [-0.4, -0.2) is 6.72 Å². The predicted molar refractivity (Wildman–Crippen MR) is 25.4 cm³/mol. The maximum absolute atomic E-state index is 4.36. The Morgan fingerprint density at radius 2 is 2.33 bits per heavy atom. The molecule has 0 amide bonds. The average molecular weight is 85.1 g/mol. The van der Waals surface area contributed by atoms with E-state index >= 15 is 0 Å². The summed E-state index contributed by atoms with van der Waals surface area (Å²) in [5.74, 6) is 0.560. The van der Waals surface area contributed by atoms with E-state index in [1.165, 1.54) is 0 Å². The van der Waals surface area contributed by atoms with Gasteiger partial charge in [0.25, 0.3) is 0 Å². The fourth-order valence-corrected chi connectivity index (χ4v) is 0.110. The van der Waals surface area contributed by atoms with Crippen LogP contribution in [0.5, 0.6) is 0 Å². The van der Waals surface area contributed by atoms with E-state index in [2.05, 4.69) is 23.3 Å². The normalized spacial score (nSPS) is 6.83. The highest BCUT2D eigenvalue weighted by Gasteiger charge is 1.71. The van der Waals surface area contributed by atoms with E-state index in [0.717, 1.165) is 0 Å². The summed E-state index contributed by atoms with van der Waals surface area (Å²) >= 11 is 0.